The molecule has 0 aliphatic heterocycles. The topological polar surface area (TPSA) is 113 Å². The molecule has 192 valence electrons. The molecule has 0 aliphatic rings. The van der Waals surface area contributed by atoms with Gasteiger partial charge in [0.05, 0.1) is 22.5 Å². The van der Waals surface area contributed by atoms with Crippen molar-refractivity contribution in [1.29, 1.82) is 0 Å². The zero-order valence-electron chi connectivity index (χ0n) is 18.9. The van der Waals surface area contributed by atoms with Crippen LogP contribution in [0.25, 0.3) is 22.3 Å². The molecule has 0 heterocycles. The van der Waals surface area contributed by atoms with E-state index in [9.17, 15) is 26.3 Å². The maximum absolute atomic E-state index is 13.2. The van der Waals surface area contributed by atoms with Gasteiger partial charge in [-0.1, -0.05) is 24.3 Å². The number of anilines is 4. The molecule has 0 saturated heterocycles. The van der Waals surface area contributed by atoms with Crippen LogP contribution in [-0.2, 0) is 12.4 Å². The SMILES string of the molecule is Nc1ccc(C(F)(F)F)c(N)c1-c1ccc(Oc2ccc(-c3c(N)ccc(C(F)(F)F)c3N)cc2)cc1. The second kappa shape index (κ2) is 9.16. The zero-order valence-corrected chi connectivity index (χ0v) is 18.9. The number of nitrogen functional groups attached to an aromatic ring is 4. The average molecular weight is 518 g/mol. The Morgan fingerprint density at radius 2 is 0.784 bits per heavy atom. The van der Waals surface area contributed by atoms with Gasteiger partial charge in [0.15, 0.2) is 0 Å². The van der Waals surface area contributed by atoms with Crippen molar-refractivity contribution in [3.63, 3.8) is 0 Å². The summed E-state index contributed by atoms with van der Waals surface area (Å²) in [6.07, 6.45) is -9.27. The highest BCUT2D eigenvalue weighted by molar-refractivity contribution is 5.89. The maximum atomic E-state index is 13.2. The molecule has 5 nitrogen and oxygen atoms in total. The van der Waals surface area contributed by atoms with Crippen molar-refractivity contribution in [1.82, 2.24) is 0 Å². The van der Waals surface area contributed by atoms with Gasteiger partial charge in [-0.2, -0.15) is 26.3 Å². The number of nitrogens with two attached hydrogens (primary N) is 4. The first kappa shape index (κ1) is 25.5. The minimum atomic E-state index is -4.63. The van der Waals surface area contributed by atoms with Crippen molar-refractivity contribution < 1.29 is 31.1 Å². The zero-order chi connectivity index (χ0) is 27.1. The molecule has 4 aromatic rings. The quantitative estimate of drug-likeness (QED) is 0.169. The average Bonchev–Trinajstić information content (AvgIpc) is 2.79. The number of hydrogen-bond donors (Lipinski definition) is 4. The molecule has 0 bridgehead atoms. The first-order valence-electron chi connectivity index (χ1n) is 10.7. The molecular weight excluding hydrogens is 498 g/mol. The Kier molecular flexibility index (Phi) is 6.32. The molecule has 37 heavy (non-hydrogen) atoms. The van der Waals surface area contributed by atoms with Crippen LogP contribution in [0.15, 0.2) is 72.8 Å². The summed E-state index contributed by atoms with van der Waals surface area (Å²) in [5.41, 5.74) is 21.4. The fourth-order valence-electron chi connectivity index (χ4n) is 3.93. The monoisotopic (exact) mass is 518 g/mol. The lowest BCUT2D eigenvalue weighted by Crippen LogP contribution is -2.11. The van der Waals surface area contributed by atoms with Gasteiger partial charge in [0, 0.05) is 22.5 Å². The lowest BCUT2D eigenvalue weighted by Gasteiger charge is -2.17. The minimum Gasteiger partial charge on any atom is -0.457 e. The third kappa shape index (κ3) is 5.06. The van der Waals surface area contributed by atoms with Gasteiger partial charge in [0.2, 0.25) is 0 Å². The van der Waals surface area contributed by atoms with Crippen LogP contribution < -0.4 is 27.7 Å². The second-order valence-electron chi connectivity index (χ2n) is 8.13. The summed E-state index contributed by atoms with van der Waals surface area (Å²) in [6, 6.07) is 16.1. The van der Waals surface area contributed by atoms with Crippen molar-refractivity contribution >= 4 is 22.7 Å². The van der Waals surface area contributed by atoms with E-state index in [0.29, 0.717) is 22.6 Å². The second-order valence-corrected chi connectivity index (χ2v) is 8.13. The van der Waals surface area contributed by atoms with E-state index in [0.717, 1.165) is 24.3 Å². The van der Waals surface area contributed by atoms with E-state index in [1.807, 2.05) is 0 Å². The molecule has 11 heteroatoms. The lowest BCUT2D eigenvalue weighted by atomic mass is 9.98. The van der Waals surface area contributed by atoms with Crippen LogP contribution in [-0.4, -0.2) is 0 Å². The Balaban J connectivity index is 1.58. The van der Waals surface area contributed by atoms with Gasteiger partial charge in [-0.05, 0) is 59.7 Å². The van der Waals surface area contributed by atoms with E-state index in [-0.39, 0.29) is 22.5 Å². The molecule has 8 N–H and O–H groups in total. The maximum Gasteiger partial charge on any atom is 0.418 e. The molecule has 0 aliphatic carbocycles. The Morgan fingerprint density at radius 1 is 0.459 bits per heavy atom. The third-order valence-corrected chi connectivity index (χ3v) is 5.69. The van der Waals surface area contributed by atoms with E-state index in [2.05, 4.69) is 0 Å². The third-order valence-electron chi connectivity index (χ3n) is 5.69. The van der Waals surface area contributed by atoms with E-state index >= 15 is 0 Å². The molecule has 4 rings (SSSR count). The molecule has 4 aromatic carbocycles. The van der Waals surface area contributed by atoms with Crippen LogP contribution in [0.2, 0.25) is 0 Å². The summed E-state index contributed by atoms with van der Waals surface area (Å²) >= 11 is 0. The normalized spacial score (nSPS) is 11.9. The summed E-state index contributed by atoms with van der Waals surface area (Å²) < 4.78 is 85.1. The molecule has 0 spiro atoms. The number of benzene rings is 4. The summed E-state index contributed by atoms with van der Waals surface area (Å²) in [7, 11) is 0. The van der Waals surface area contributed by atoms with Crippen molar-refractivity contribution in [3.05, 3.63) is 83.9 Å². The van der Waals surface area contributed by atoms with E-state index in [1.54, 1.807) is 0 Å². The van der Waals surface area contributed by atoms with Crippen molar-refractivity contribution in [2.24, 2.45) is 0 Å². The number of ether oxygens (including phenoxy) is 1. The van der Waals surface area contributed by atoms with Gasteiger partial charge in [-0.15, -0.1) is 0 Å². The van der Waals surface area contributed by atoms with Crippen LogP contribution in [0.1, 0.15) is 11.1 Å². The highest BCUT2D eigenvalue weighted by Crippen LogP contribution is 2.43. The van der Waals surface area contributed by atoms with Gasteiger partial charge in [-0.3, -0.25) is 0 Å². The van der Waals surface area contributed by atoms with Crippen LogP contribution >= 0.6 is 0 Å². The molecule has 0 saturated carbocycles. The predicted octanol–water partition coefficient (Wildman–Crippen LogP) is 7.18. The van der Waals surface area contributed by atoms with Crippen LogP contribution in [0.5, 0.6) is 11.5 Å². The highest BCUT2D eigenvalue weighted by Gasteiger charge is 2.35. The molecule has 0 atom stereocenters. The molecule has 0 aromatic heterocycles. The fraction of sp³-hybridized carbons (Fsp3) is 0.0769. The Morgan fingerprint density at radius 3 is 1.08 bits per heavy atom. The number of alkyl halides is 6. The van der Waals surface area contributed by atoms with Gasteiger partial charge < -0.3 is 27.7 Å². The first-order valence-corrected chi connectivity index (χ1v) is 10.7. The van der Waals surface area contributed by atoms with Crippen molar-refractivity contribution in [3.8, 4) is 33.8 Å². The van der Waals surface area contributed by atoms with Crippen LogP contribution in [0, 0.1) is 0 Å². The Bertz CT molecular complexity index is 1340. The molecule has 0 amide bonds. The number of halogens is 6. The first-order chi connectivity index (χ1) is 17.3. The molecular formula is C26H20F6N4O. The van der Waals surface area contributed by atoms with Gasteiger partial charge in [0.25, 0.3) is 0 Å². The number of rotatable bonds is 4. The summed E-state index contributed by atoms with van der Waals surface area (Å²) in [5.74, 6) is 0.692. The van der Waals surface area contributed by atoms with Crippen molar-refractivity contribution in [2.75, 3.05) is 22.9 Å². The highest BCUT2D eigenvalue weighted by atomic mass is 19.4. The molecule has 0 unspecified atom stereocenters. The molecule has 0 radical (unpaired) electrons. The predicted molar refractivity (Wildman–Crippen MR) is 131 cm³/mol. The Labute approximate surface area is 207 Å². The van der Waals surface area contributed by atoms with Crippen LogP contribution in [0.3, 0.4) is 0 Å². The minimum absolute atomic E-state index is 0.0574. The lowest BCUT2D eigenvalue weighted by molar-refractivity contribution is -0.137. The van der Waals surface area contributed by atoms with Crippen LogP contribution in [0.4, 0.5) is 49.1 Å². The van der Waals surface area contributed by atoms with Crippen molar-refractivity contribution in [2.45, 2.75) is 12.4 Å². The number of hydrogen-bond acceptors (Lipinski definition) is 5. The largest absolute Gasteiger partial charge is 0.457 e. The standard InChI is InChI=1S/C26H20F6N4O/c27-25(28,29)17-9-11-19(33)21(23(17)35)13-1-5-15(6-2-13)37-16-7-3-14(4-8-16)22-20(34)12-10-18(24(22)36)26(30,31)32/h1-12H,33-36H2. The van der Waals surface area contributed by atoms with E-state index in [4.69, 9.17) is 27.7 Å². The summed E-state index contributed by atoms with van der Waals surface area (Å²) in [6.45, 7) is 0. The van der Waals surface area contributed by atoms with E-state index < -0.39 is 34.9 Å². The van der Waals surface area contributed by atoms with Gasteiger partial charge >= 0.3 is 12.4 Å². The summed E-state index contributed by atoms with van der Waals surface area (Å²) in [4.78, 5) is 0. The molecule has 0 fully saturated rings. The smallest absolute Gasteiger partial charge is 0.418 e. The Hall–Kier alpha value is -4.54. The summed E-state index contributed by atoms with van der Waals surface area (Å²) in [5, 5.41) is 0. The fourth-order valence-corrected chi connectivity index (χ4v) is 3.93. The van der Waals surface area contributed by atoms with Gasteiger partial charge in [-0.25, -0.2) is 0 Å². The van der Waals surface area contributed by atoms with Gasteiger partial charge in [0.1, 0.15) is 11.5 Å². The van der Waals surface area contributed by atoms with E-state index in [1.165, 1.54) is 48.5 Å².